The van der Waals surface area contributed by atoms with Gasteiger partial charge in [0, 0.05) is 58.4 Å². The predicted molar refractivity (Wildman–Crippen MR) is 67.6 cm³/mol. The Labute approximate surface area is 108 Å². The highest BCUT2D eigenvalue weighted by Gasteiger charge is 2.37. The first kappa shape index (κ1) is 12.2. The Morgan fingerprint density at radius 1 is 1.00 bits per heavy atom. The molecule has 0 radical (unpaired) electrons. The first-order valence-electron chi connectivity index (χ1n) is 6.91. The summed E-state index contributed by atoms with van der Waals surface area (Å²) in [4.78, 5) is 18.6. The van der Waals surface area contributed by atoms with Gasteiger partial charge in [-0.1, -0.05) is 0 Å². The van der Waals surface area contributed by atoms with Crippen molar-refractivity contribution in [1.82, 2.24) is 20.0 Å². The molecule has 6 nitrogen and oxygen atoms in total. The molecule has 18 heavy (non-hydrogen) atoms. The summed E-state index contributed by atoms with van der Waals surface area (Å²) in [6, 6.07) is 0.779. The standard InChI is InChI=1S/C12H22N4O2/c17-12(15-5-7-18-8-6-15)16-9-11(10-16)14-3-1-13-2-4-14/h11,13H,1-10H2. The second-order valence-corrected chi connectivity index (χ2v) is 5.23. The molecule has 6 heteroatoms. The van der Waals surface area contributed by atoms with E-state index in [1.165, 1.54) is 0 Å². The lowest BCUT2D eigenvalue weighted by atomic mass is 10.1. The van der Waals surface area contributed by atoms with Gasteiger partial charge in [-0.3, -0.25) is 4.90 Å². The van der Waals surface area contributed by atoms with Gasteiger partial charge in [-0.15, -0.1) is 0 Å². The fourth-order valence-electron chi connectivity index (χ4n) is 2.84. The van der Waals surface area contributed by atoms with Crippen LogP contribution in [0.2, 0.25) is 0 Å². The van der Waals surface area contributed by atoms with Crippen molar-refractivity contribution in [3.05, 3.63) is 0 Å². The highest BCUT2D eigenvalue weighted by Crippen LogP contribution is 2.17. The van der Waals surface area contributed by atoms with Gasteiger partial charge in [0.05, 0.1) is 13.2 Å². The van der Waals surface area contributed by atoms with Crippen LogP contribution in [0.5, 0.6) is 0 Å². The molecule has 0 atom stereocenters. The maximum absolute atomic E-state index is 12.2. The van der Waals surface area contributed by atoms with E-state index in [1.54, 1.807) is 0 Å². The number of hydrogen-bond donors (Lipinski definition) is 1. The molecule has 0 aromatic heterocycles. The molecule has 3 aliphatic heterocycles. The number of urea groups is 1. The average Bonchev–Trinajstić information content (AvgIpc) is 2.39. The molecule has 1 N–H and O–H groups in total. The van der Waals surface area contributed by atoms with Crippen LogP contribution in [0.4, 0.5) is 4.79 Å². The quantitative estimate of drug-likeness (QED) is 0.654. The number of morpholine rings is 1. The number of nitrogens with one attached hydrogen (secondary N) is 1. The zero-order valence-electron chi connectivity index (χ0n) is 10.8. The van der Waals surface area contributed by atoms with Crippen LogP contribution >= 0.6 is 0 Å². The van der Waals surface area contributed by atoms with Gasteiger partial charge in [-0.25, -0.2) is 4.79 Å². The van der Waals surface area contributed by atoms with Crippen LogP contribution in [-0.4, -0.2) is 92.3 Å². The van der Waals surface area contributed by atoms with Gasteiger partial charge < -0.3 is 19.9 Å². The molecule has 3 saturated heterocycles. The monoisotopic (exact) mass is 254 g/mol. The van der Waals surface area contributed by atoms with Crippen LogP contribution in [0.25, 0.3) is 0 Å². The maximum atomic E-state index is 12.2. The Balaban J connectivity index is 1.44. The smallest absolute Gasteiger partial charge is 0.320 e. The first-order valence-corrected chi connectivity index (χ1v) is 6.91. The lowest BCUT2D eigenvalue weighted by Gasteiger charge is -2.48. The van der Waals surface area contributed by atoms with Gasteiger partial charge in [0.25, 0.3) is 0 Å². The van der Waals surface area contributed by atoms with Crippen molar-refractivity contribution in [2.45, 2.75) is 6.04 Å². The van der Waals surface area contributed by atoms with Crippen LogP contribution < -0.4 is 5.32 Å². The van der Waals surface area contributed by atoms with E-state index < -0.39 is 0 Å². The van der Waals surface area contributed by atoms with Crippen LogP contribution in [0.15, 0.2) is 0 Å². The number of carbonyl (C=O) groups excluding carboxylic acids is 1. The highest BCUT2D eigenvalue weighted by molar-refractivity contribution is 5.75. The zero-order chi connectivity index (χ0) is 12.4. The Morgan fingerprint density at radius 3 is 2.33 bits per heavy atom. The van der Waals surface area contributed by atoms with Gasteiger partial charge in [-0.05, 0) is 0 Å². The molecule has 0 spiro atoms. The summed E-state index contributed by atoms with van der Waals surface area (Å²) in [6.07, 6.45) is 0. The molecule has 3 rings (SSSR count). The van der Waals surface area contributed by atoms with Gasteiger partial charge in [0.15, 0.2) is 0 Å². The molecule has 0 aromatic carbocycles. The summed E-state index contributed by atoms with van der Waals surface area (Å²) in [5.41, 5.74) is 0. The summed E-state index contributed by atoms with van der Waals surface area (Å²) in [5.74, 6) is 0. The molecule has 0 saturated carbocycles. The molecular formula is C12H22N4O2. The SMILES string of the molecule is O=C(N1CCOCC1)N1CC(N2CCNCC2)C1. The van der Waals surface area contributed by atoms with Gasteiger partial charge in [0.1, 0.15) is 0 Å². The van der Waals surface area contributed by atoms with Crippen LogP contribution in [0.1, 0.15) is 0 Å². The van der Waals surface area contributed by atoms with Gasteiger partial charge in [-0.2, -0.15) is 0 Å². The van der Waals surface area contributed by atoms with E-state index in [2.05, 4.69) is 10.2 Å². The molecule has 3 fully saturated rings. The molecule has 0 aromatic rings. The number of nitrogens with zero attached hydrogens (tertiary/aromatic N) is 3. The number of likely N-dealkylation sites (tertiary alicyclic amines) is 1. The van der Waals surface area contributed by atoms with Crippen molar-refractivity contribution in [2.24, 2.45) is 0 Å². The van der Waals surface area contributed by atoms with E-state index in [0.29, 0.717) is 19.3 Å². The molecule has 3 aliphatic rings. The van der Waals surface area contributed by atoms with Crippen molar-refractivity contribution in [1.29, 1.82) is 0 Å². The normalized spacial score (nSPS) is 27.1. The Bertz CT molecular complexity index is 294. The predicted octanol–water partition coefficient (Wildman–Crippen LogP) is -0.972. The van der Waals surface area contributed by atoms with Crippen LogP contribution in [-0.2, 0) is 4.74 Å². The Hall–Kier alpha value is -0.850. The van der Waals surface area contributed by atoms with Crippen molar-refractivity contribution >= 4 is 6.03 Å². The zero-order valence-corrected chi connectivity index (χ0v) is 10.8. The molecule has 102 valence electrons. The van der Waals surface area contributed by atoms with Crippen molar-refractivity contribution in [3.63, 3.8) is 0 Å². The fourth-order valence-corrected chi connectivity index (χ4v) is 2.84. The minimum absolute atomic E-state index is 0.199. The lowest BCUT2D eigenvalue weighted by molar-refractivity contribution is 0.0115. The van der Waals surface area contributed by atoms with Gasteiger partial charge in [0.2, 0.25) is 0 Å². The van der Waals surface area contributed by atoms with Crippen molar-refractivity contribution in [3.8, 4) is 0 Å². The molecule has 0 unspecified atom stereocenters. The number of carbonyl (C=O) groups is 1. The van der Waals surface area contributed by atoms with E-state index in [0.717, 1.165) is 52.4 Å². The summed E-state index contributed by atoms with van der Waals surface area (Å²) >= 11 is 0. The van der Waals surface area contributed by atoms with Crippen molar-refractivity contribution < 1.29 is 9.53 Å². The molecule has 0 aliphatic carbocycles. The van der Waals surface area contributed by atoms with Gasteiger partial charge >= 0.3 is 6.03 Å². The number of ether oxygens (including phenoxy) is 1. The summed E-state index contributed by atoms with van der Waals surface area (Å²) < 4.78 is 5.27. The minimum atomic E-state index is 0.199. The largest absolute Gasteiger partial charge is 0.378 e. The molecule has 0 bridgehead atoms. The lowest BCUT2D eigenvalue weighted by Crippen LogP contribution is -2.66. The third kappa shape index (κ3) is 2.46. The second kappa shape index (κ2) is 5.42. The molecule has 3 heterocycles. The minimum Gasteiger partial charge on any atom is -0.378 e. The second-order valence-electron chi connectivity index (χ2n) is 5.23. The topological polar surface area (TPSA) is 48.1 Å². The van der Waals surface area contributed by atoms with E-state index in [9.17, 15) is 4.79 Å². The van der Waals surface area contributed by atoms with E-state index in [-0.39, 0.29) is 6.03 Å². The first-order chi connectivity index (χ1) is 8.84. The third-order valence-corrected chi connectivity index (χ3v) is 4.08. The number of amides is 2. The number of rotatable bonds is 1. The summed E-state index contributed by atoms with van der Waals surface area (Å²) in [7, 11) is 0. The Morgan fingerprint density at radius 2 is 1.67 bits per heavy atom. The molecule has 2 amide bonds. The number of hydrogen-bond acceptors (Lipinski definition) is 4. The highest BCUT2D eigenvalue weighted by atomic mass is 16.5. The third-order valence-electron chi connectivity index (χ3n) is 4.08. The fraction of sp³-hybridized carbons (Fsp3) is 0.917. The summed E-state index contributed by atoms with van der Waals surface area (Å²) in [6.45, 7) is 9.03. The molecular weight excluding hydrogens is 232 g/mol. The van der Waals surface area contributed by atoms with Crippen molar-refractivity contribution in [2.75, 3.05) is 65.6 Å². The van der Waals surface area contributed by atoms with Crippen LogP contribution in [0, 0.1) is 0 Å². The van der Waals surface area contributed by atoms with E-state index in [4.69, 9.17) is 4.74 Å². The van der Waals surface area contributed by atoms with E-state index >= 15 is 0 Å². The number of piperazine rings is 1. The maximum Gasteiger partial charge on any atom is 0.320 e. The average molecular weight is 254 g/mol. The van der Waals surface area contributed by atoms with Crippen LogP contribution in [0.3, 0.4) is 0 Å². The van der Waals surface area contributed by atoms with E-state index in [1.807, 2.05) is 9.80 Å². The summed E-state index contributed by atoms with van der Waals surface area (Å²) in [5, 5.41) is 3.36. The Kier molecular flexibility index (Phi) is 3.67.